The monoisotopic (exact) mass is 330 g/mol. The Balaban J connectivity index is 1.70. The van der Waals surface area contributed by atoms with Gasteiger partial charge in [0.25, 0.3) is 0 Å². The Labute approximate surface area is 145 Å². The van der Waals surface area contributed by atoms with Gasteiger partial charge in [0.2, 0.25) is 5.91 Å². The lowest BCUT2D eigenvalue weighted by Crippen LogP contribution is -2.61. The van der Waals surface area contributed by atoms with Gasteiger partial charge in [-0.3, -0.25) is 4.79 Å². The number of fused-ring (bicyclic) bond motifs is 5. The molecule has 0 aromatic carbocycles. The zero-order valence-electron chi connectivity index (χ0n) is 15.2. The third-order valence-corrected chi connectivity index (χ3v) is 8.69. The van der Waals surface area contributed by atoms with E-state index in [-0.39, 0.29) is 22.9 Å². The molecule has 4 nitrogen and oxygen atoms in total. The van der Waals surface area contributed by atoms with Crippen molar-refractivity contribution in [3.05, 3.63) is 0 Å². The van der Waals surface area contributed by atoms with Crippen molar-refractivity contribution in [1.82, 2.24) is 4.90 Å². The first kappa shape index (κ1) is 16.4. The van der Waals surface area contributed by atoms with Crippen LogP contribution in [0, 0.1) is 45.8 Å². The van der Waals surface area contributed by atoms with E-state index in [9.17, 15) is 15.2 Å². The van der Waals surface area contributed by atoms with Gasteiger partial charge in [0.05, 0.1) is 18.1 Å². The summed E-state index contributed by atoms with van der Waals surface area (Å²) in [6.07, 6.45) is 6.31. The van der Waals surface area contributed by atoms with Crippen LogP contribution in [-0.2, 0) is 4.79 Å². The van der Waals surface area contributed by atoms with E-state index < -0.39 is 0 Å². The molecule has 1 N–H and O–H groups in total. The van der Waals surface area contributed by atoms with Gasteiger partial charge in [0.1, 0.15) is 0 Å². The molecule has 24 heavy (non-hydrogen) atoms. The standard InChI is InChI=1S/C20H30N2O2/c1-19-9-7-17(24)22(3)15(19)5-4-13-14(19)6-8-20(2)16(23)10-12(11-21)18(13)20/h12-16,18,23H,4-10H2,1-3H3/t12-,13+,14-,15+,16-,18-,19+,20+/m0/s1. The quantitative estimate of drug-likeness (QED) is 0.742. The highest BCUT2D eigenvalue weighted by atomic mass is 16.3. The predicted octanol–water partition coefficient (Wildman–Crippen LogP) is 2.96. The van der Waals surface area contributed by atoms with Crippen molar-refractivity contribution in [3.63, 3.8) is 0 Å². The van der Waals surface area contributed by atoms with Crippen LogP contribution in [-0.4, -0.2) is 35.1 Å². The molecule has 1 saturated heterocycles. The minimum Gasteiger partial charge on any atom is -0.393 e. The molecule has 0 aromatic heterocycles. The summed E-state index contributed by atoms with van der Waals surface area (Å²) in [7, 11) is 1.98. The first-order chi connectivity index (χ1) is 11.3. The van der Waals surface area contributed by atoms with Gasteiger partial charge in [-0.05, 0) is 67.1 Å². The van der Waals surface area contributed by atoms with E-state index in [4.69, 9.17) is 0 Å². The Bertz CT molecular complexity index is 599. The molecular formula is C20H30N2O2. The molecule has 4 rings (SSSR count). The van der Waals surface area contributed by atoms with Crippen LogP contribution in [0.4, 0.5) is 0 Å². The number of aliphatic hydroxyl groups excluding tert-OH is 1. The Morgan fingerprint density at radius 2 is 1.96 bits per heavy atom. The molecule has 3 aliphatic carbocycles. The summed E-state index contributed by atoms with van der Waals surface area (Å²) in [6, 6.07) is 2.89. The summed E-state index contributed by atoms with van der Waals surface area (Å²) < 4.78 is 0. The van der Waals surface area contributed by atoms with Gasteiger partial charge in [0, 0.05) is 19.5 Å². The molecule has 0 radical (unpaired) electrons. The van der Waals surface area contributed by atoms with Gasteiger partial charge in [-0.25, -0.2) is 0 Å². The number of aliphatic hydroxyl groups is 1. The number of nitriles is 1. The average Bonchev–Trinajstić information content (AvgIpc) is 2.82. The van der Waals surface area contributed by atoms with E-state index in [0.29, 0.717) is 42.5 Å². The number of rotatable bonds is 0. The maximum absolute atomic E-state index is 12.2. The fraction of sp³-hybridized carbons (Fsp3) is 0.900. The Kier molecular flexibility index (Phi) is 3.56. The Morgan fingerprint density at radius 1 is 1.21 bits per heavy atom. The van der Waals surface area contributed by atoms with Crippen molar-refractivity contribution in [1.29, 1.82) is 5.26 Å². The van der Waals surface area contributed by atoms with Crippen LogP contribution < -0.4 is 0 Å². The topological polar surface area (TPSA) is 64.3 Å². The second kappa shape index (κ2) is 5.21. The lowest BCUT2D eigenvalue weighted by Gasteiger charge is -2.61. The van der Waals surface area contributed by atoms with Crippen LogP contribution in [0.25, 0.3) is 0 Å². The molecule has 0 bridgehead atoms. The van der Waals surface area contributed by atoms with Gasteiger partial charge in [0.15, 0.2) is 0 Å². The van der Waals surface area contributed by atoms with E-state index in [0.717, 1.165) is 32.1 Å². The largest absolute Gasteiger partial charge is 0.393 e. The maximum Gasteiger partial charge on any atom is 0.222 e. The summed E-state index contributed by atoms with van der Waals surface area (Å²) in [4.78, 5) is 14.2. The van der Waals surface area contributed by atoms with E-state index in [1.165, 1.54) is 0 Å². The van der Waals surface area contributed by atoms with Crippen LogP contribution in [0.1, 0.15) is 58.8 Å². The highest BCUT2D eigenvalue weighted by molar-refractivity contribution is 5.77. The summed E-state index contributed by atoms with van der Waals surface area (Å²) in [6.45, 7) is 4.62. The number of hydrogen-bond acceptors (Lipinski definition) is 3. The molecule has 1 heterocycles. The Hall–Kier alpha value is -1.08. The normalized spacial score (nSPS) is 53.8. The number of nitrogens with zero attached hydrogens (tertiary/aromatic N) is 2. The molecule has 0 spiro atoms. The highest BCUT2D eigenvalue weighted by Gasteiger charge is 2.63. The second-order valence-corrected chi connectivity index (χ2v) is 9.43. The number of piperidine rings is 1. The lowest BCUT2D eigenvalue weighted by atomic mass is 9.46. The van der Waals surface area contributed by atoms with E-state index in [1.807, 2.05) is 11.9 Å². The van der Waals surface area contributed by atoms with Gasteiger partial charge >= 0.3 is 0 Å². The van der Waals surface area contributed by atoms with E-state index in [2.05, 4.69) is 19.9 Å². The molecule has 0 unspecified atom stereocenters. The van der Waals surface area contributed by atoms with Crippen molar-refractivity contribution in [2.45, 2.75) is 70.9 Å². The summed E-state index contributed by atoms with van der Waals surface area (Å²) >= 11 is 0. The van der Waals surface area contributed by atoms with Gasteiger partial charge < -0.3 is 10.0 Å². The molecule has 4 heteroatoms. The van der Waals surface area contributed by atoms with E-state index in [1.54, 1.807) is 0 Å². The zero-order chi connectivity index (χ0) is 17.3. The molecule has 1 aliphatic heterocycles. The number of likely N-dealkylation sites (tertiary alicyclic amines) is 1. The predicted molar refractivity (Wildman–Crippen MR) is 90.7 cm³/mol. The molecule has 0 aromatic rings. The van der Waals surface area contributed by atoms with Gasteiger partial charge in [-0.15, -0.1) is 0 Å². The SMILES string of the molecule is CN1C(=O)CC[C@]2(C)[C@H]3CC[C@@]4(C)[C@H]([C@@H]3CC[C@@H]12)[C@H](C#N)C[C@@H]4O. The maximum atomic E-state index is 12.2. The molecule has 132 valence electrons. The summed E-state index contributed by atoms with van der Waals surface area (Å²) in [5.41, 5.74) is 0.0988. The minimum atomic E-state index is -0.325. The fourth-order valence-electron chi connectivity index (χ4n) is 7.36. The number of hydrogen-bond donors (Lipinski definition) is 1. The molecule has 1 amide bonds. The average molecular weight is 330 g/mol. The number of carbonyl (C=O) groups is 1. The van der Waals surface area contributed by atoms with Gasteiger partial charge in [-0.1, -0.05) is 13.8 Å². The third kappa shape index (κ3) is 1.91. The molecule has 8 atom stereocenters. The first-order valence-corrected chi connectivity index (χ1v) is 9.66. The number of carbonyl (C=O) groups excluding carboxylic acids is 1. The third-order valence-electron chi connectivity index (χ3n) is 8.69. The van der Waals surface area contributed by atoms with Crippen LogP contribution in [0.15, 0.2) is 0 Å². The molecule has 4 fully saturated rings. The first-order valence-electron chi connectivity index (χ1n) is 9.66. The Morgan fingerprint density at radius 3 is 2.67 bits per heavy atom. The smallest absolute Gasteiger partial charge is 0.222 e. The second-order valence-electron chi connectivity index (χ2n) is 9.43. The minimum absolute atomic E-state index is 0.000835. The van der Waals surface area contributed by atoms with Crippen molar-refractivity contribution in [2.75, 3.05) is 7.05 Å². The highest BCUT2D eigenvalue weighted by Crippen LogP contribution is 2.65. The van der Waals surface area contributed by atoms with E-state index >= 15 is 0 Å². The summed E-state index contributed by atoms with van der Waals surface area (Å²) in [5.74, 6) is 1.75. The van der Waals surface area contributed by atoms with Crippen molar-refractivity contribution in [3.8, 4) is 6.07 Å². The zero-order valence-corrected chi connectivity index (χ0v) is 15.2. The van der Waals surface area contributed by atoms with Crippen molar-refractivity contribution >= 4 is 5.91 Å². The van der Waals surface area contributed by atoms with Crippen LogP contribution >= 0.6 is 0 Å². The molecule has 3 saturated carbocycles. The lowest BCUT2D eigenvalue weighted by molar-refractivity contribution is -0.161. The van der Waals surface area contributed by atoms with Crippen molar-refractivity contribution in [2.24, 2.45) is 34.5 Å². The fourth-order valence-corrected chi connectivity index (χ4v) is 7.36. The van der Waals surface area contributed by atoms with Crippen LogP contribution in [0.3, 0.4) is 0 Å². The number of amides is 1. The van der Waals surface area contributed by atoms with Crippen LogP contribution in [0.2, 0.25) is 0 Å². The summed E-state index contributed by atoms with van der Waals surface area (Å²) in [5, 5.41) is 20.3. The molecule has 4 aliphatic rings. The van der Waals surface area contributed by atoms with Crippen molar-refractivity contribution < 1.29 is 9.90 Å². The van der Waals surface area contributed by atoms with Gasteiger partial charge in [-0.2, -0.15) is 5.26 Å². The van der Waals surface area contributed by atoms with Crippen LogP contribution in [0.5, 0.6) is 0 Å². The molecular weight excluding hydrogens is 300 g/mol.